The number of carbonyl (C=O) groups is 2. The van der Waals surface area contributed by atoms with Gasteiger partial charge in [-0.1, -0.05) is 44.4 Å². The predicted octanol–water partition coefficient (Wildman–Crippen LogP) is 3.13. The Bertz CT molecular complexity index is 441. The molecule has 0 spiro atoms. The van der Waals surface area contributed by atoms with Crippen LogP contribution in [0.5, 0.6) is 0 Å². The van der Waals surface area contributed by atoms with Crippen molar-refractivity contribution in [1.29, 1.82) is 0 Å². The first-order valence-electron chi connectivity index (χ1n) is 8.91. The van der Waals surface area contributed by atoms with Crippen LogP contribution < -0.4 is 0 Å². The Morgan fingerprint density at radius 3 is 2.88 bits per heavy atom. The molecule has 1 rings (SSSR count). The Labute approximate surface area is 144 Å². The van der Waals surface area contributed by atoms with Crippen molar-refractivity contribution in [1.82, 2.24) is 0 Å². The Hall–Kier alpha value is -1.46. The summed E-state index contributed by atoms with van der Waals surface area (Å²) in [4.78, 5) is 22.3. The van der Waals surface area contributed by atoms with E-state index in [0.29, 0.717) is 13.0 Å². The van der Waals surface area contributed by atoms with Crippen molar-refractivity contribution in [3.05, 3.63) is 24.3 Å². The molecule has 5 heteroatoms. The van der Waals surface area contributed by atoms with Crippen LogP contribution in [0.3, 0.4) is 0 Å². The summed E-state index contributed by atoms with van der Waals surface area (Å²) >= 11 is 0. The average Bonchev–Trinajstić information content (AvgIpc) is 2.89. The minimum atomic E-state index is -0.962. The number of rotatable bonds is 13. The number of unbranched alkanes of at least 4 members (excludes halogenated alkanes) is 2. The van der Waals surface area contributed by atoms with Crippen LogP contribution in [0.2, 0.25) is 0 Å². The van der Waals surface area contributed by atoms with Crippen molar-refractivity contribution in [3.8, 4) is 0 Å². The number of hydrogen-bond donors (Lipinski definition) is 2. The van der Waals surface area contributed by atoms with Crippen molar-refractivity contribution in [3.63, 3.8) is 0 Å². The molecule has 0 radical (unpaired) electrons. The van der Waals surface area contributed by atoms with Gasteiger partial charge in [0, 0.05) is 18.4 Å². The molecular weight excluding hydrogens is 308 g/mol. The molecule has 1 unspecified atom stereocenters. The lowest BCUT2D eigenvalue weighted by atomic mass is 9.89. The van der Waals surface area contributed by atoms with Gasteiger partial charge in [-0.25, -0.2) is 4.79 Å². The van der Waals surface area contributed by atoms with Crippen molar-refractivity contribution in [2.24, 2.45) is 11.8 Å². The highest BCUT2D eigenvalue weighted by atomic mass is 16.5. The highest BCUT2D eigenvalue weighted by Crippen LogP contribution is 2.28. The van der Waals surface area contributed by atoms with Crippen molar-refractivity contribution in [2.45, 2.75) is 58.0 Å². The number of allylic oxidation sites excluding steroid dienone is 3. The highest BCUT2D eigenvalue weighted by Gasteiger charge is 2.27. The van der Waals surface area contributed by atoms with Crippen LogP contribution in [-0.4, -0.2) is 41.3 Å². The summed E-state index contributed by atoms with van der Waals surface area (Å²) in [5.41, 5.74) is 0. The zero-order valence-electron chi connectivity index (χ0n) is 14.5. The van der Waals surface area contributed by atoms with Gasteiger partial charge in [0.05, 0.1) is 6.10 Å². The Balaban J connectivity index is 2.27. The molecule has 0 saturated heterocycles. The molecule has 24 heavy (non-hydrogen) atoms. The summed E-state index contributed by atoms with van der Waals surface area (Å²) in [5, 5.41) is 18.3. The van der Waals surface area contributed by atoms with Gasteiger partial charge in [0.1, 0.15) is 6.61 Å². The molecule has 0 aromatic heterocycles. The summed E-state index contributed by atoms with van der Waals surface area (Å²) in [6.45, 7) is 2.25. The lowest BCUT2D eigenvalue weighted by Gasteiger charge is -2.15. The van der Waals surface area contributed by atoms with E-state index in [2.05, 4.69) is 6.92 Å². The summed E-state index contributed by atoms with van der Waals surface area (Å²) < 4.78 is 5.00. The van der Waals surface area contributed by atoms with Crippen LogP contribution in [0.4, 0.5) is 0 Å². The van der Waals surface area contributed by atoms with E-state index in [-0.39, 0.29) is 30.3 Å². The number of aliphatic hydroxyl groups excluding tert-OH is 1. The van der Waals surface area contributed by atoms with E-state index in [0.717, 1.165) is 38.5 Å². The molecule has 1 aliphatic rings. The van der Waals surface area contributed by atoms with Crippen LogP contribution in [0.1, 0.15) is 51.9 Å². The lowest BCUT2D eigenvalue weighted by molar-refractivity contribution is -0.142. The second-order valence-corrected chi connectivity index (χ2v) is 6.35. The minimum absolute atomic E-state index is 0.0338. The number of carboxylic acids is 1. The summed E-state index contributed by atoms with van der Waals surface area (Å²) in [6, 6.07) is 0. The van der Waals surface area contributed by atoms with E-state index in [1.807, 2.05) is 18.2 Å². The van der Waals surface area contributed by atoms with Gasteiger partial charge < -0.3 is 14.9 Å². The van der Waals surface area contributed by atoms with Gasteiger partial charge in [-0.3, -0.25) is 4.79 Å². The smallest absolute Gasteiger partial charge is 0.329 e. The average molecular weight is 338 g/mol. The van der Waals surface area contributed by atoms with Crippen LogP contribution in [-0.2, 0) is 14.3 Å². The molecule has 3 atom stereocenters. The molecule has 0 heterocycles. The van der Waals surface area contributed by atoms with Crippen LogP contribution in [0.25, 0.3) is 0 Å². The molecule has 2 N–H and O–H groups in total. The molecular formula is C19H30O5. The fourth-order valence-corrected chi connectivity index (χ4v) is 2.86. The number of ketones is 1. The van der Waals surface area contributed by atoms with Gasteiger partial charge in [0.2, 0.25) is 0 Å². The minimum Gasteiger partial charge on any atom is -0.480 e. The molecule has 0 aromatic carbocycles. The van der Waals surface area contributed by atoms with Gasteiger partial charge in [-0.15, -0.1) is 0 Å². The Morgan fingerprint density at radius 1 is 1.38 bits per heavy atom. The fraction of sp³-hybridized carbons (Fsp3) is 0.684. The molecule has 0 aliphatic heterocycles. The van der Waals surface area contributed by atoms with Crippen LogP contribution in [0, 0.1) is 11.8 Å². The van der Waals surface area contributed by atoms with Gasteiger partial charge in [0.15, 0.2) is 5.78 Å². The third-order valence-electron chi connectivity index (χ3n) is 4.25. The maximum atomic E-state index is 12.0. The van der Waals surface area contributed by atoms with Gasteiger partial charge in [0.25, 0.3) is 0 Å². The van der Waals surface area contributed by atoms with Crippen molar-refractivity contribution in [2.75, 3.05) is 13.2 Å². The molecule has 0 aromatic rings. The summed E-state index contributed by atoms with van der Waals surface area (Å²) in [7, 11) is 0. The second-order valence-electron chi connectivity index (χ2n) is 6.35. The number of carboxylic acid groups (broad SMARTS) is 1. The maximum absolute atomic E-state index is 12.0. The molecule has 5 nitrogen and oxygen atoms in total. The monoisotopic (exact) mass is 338 g/mol. The number of ether oxygens (including phenoxy) is 1. The highest BCUT2D eigenvalue weighted by molar-refractivity contribution is 5.94. The normalized spacial score (nSPS) is 21.7. The molecule has 1 aliphatic carbocycles. The Morgan fingerprint density at radius 2 is 2.17 bits per heavy atom. The van der Waals surface area contributed by atoms with E-state index in [9.17, 15) is 14.7 Å². The third-order valence-corrected chi connectivity index (χ3v) is 4.25. The molecule has 0 bridgehead atoms. The number of aliphatic hydroxyl groups is 1. The topological polar surface area (TPSA) is 83.8 Å². The molecule has 0 amide bonds. The van der Waals surface area contributed by atoms with Gasteiger partial charge in [-0.2, -0.15) is 0 Å². The summed E-state index contributed by atoms with van der Waals surface area (Å²) in [5.74, 6) is -0.733. The Kier molecular flexibility index (Phi) is 10.3. The van der Waals surface area contributed by atoms with Gasteiger partial charge in [-0.05, 0) is 31.8 Å². The maximum Gasteiger partial charge on any atom is 0.329 e. The third kappa shape index (κ3) is 8.41. The second kappa shape index (κ2) is 12.0. The summed E-state index contributed by atoms with van der Waals surface area (Å²) in [6.07, 6.45) is 13.2. The van der Waals surface area contributed by atoms with Crippen LogP contribution in [0.15, 0.2) is 24.3 Å². The first-order chi connectivity index (χ1) is 11.5. The number of hydrogen-bond acceptors (Lipinski definition) is 4. The standard InChI is InChI=1S/C19H30O5/c1-2-3-8-16(20)9-6-7-15-11-12-18(21)17(15)10-4-5-13-24-14-19(22)23/h6-7,11-12,15-17,20H,2-5,8-10,13-14H2,1H3,(H,22,23)/b7-6+/t15-,16?,17+/m0/s1. The van der Waals surface area contributed by atoms with Crippen molar-refractivity contribution >= 4 is 11.8 Å². The number of carbonyl (C=O) groups excluding carboxylic acids is 1. The molecule has 0 fully saturated rings. The fourth-order valence-electron chi connectivity index (χ4n) is 2.86. The zero-order valence-corrected chi connectivity index (χ0v) is 14.5. The van der Waals surface area contributed by atoms with Crippen molar-refractivity contribution < 1.29 is 24.5 Å². The quantitative estimate of drug-likeness (QED) is 0.398. The first kappa shape index (κ1) is 20.6. The van der Waals surface area contributed by atoms with E-state index in [1.165, 1.54) is 0 Å². The molecule has 136 valence electrons. The SMILES string of the molecule is CCCCC(O)C/C=C/[C@H]1C=CC(=O)[C@@H]1CCCCOCC(=O)O. The number of aliphatic carboxylic acids is 1. The zero-order chi connectivity index (χ0) is 17.8. The van der Waals surface area contributed by atoms with E-state index >= 15 is 0 Å². The largest absolute Gasteiger partial charge is 0.480 e. The van der Waals surface area contributed by atoms with E-state index < -0.39 is 5.97 Å². The van der Waals surface area contributed by atoms with Gasteiger partial charge >= 0.3 is 5.97 Å². The lowest BCUT2D eigenvalue weighted by Crippen LogP contribution is -2.15. The predicted molar refractivity (Wildman–Crippen MR) is 92.7 cm³/mol. The molecule has 0 saturated carbocycles. The first-order valence-corrected chi connectivity index (χ1v) is 8.91. The van der Waals surface area contributed by atoms with E-state index in [4.69, 9.17) is 9.84 Å². The van der Waals surface area contributed by atoms with Crippen LogP contribution >= 0.6 is 0 Å². The van der Waals surface area contributed by atoms with E-state index in [1.54, 1.807) is 6.08 Å².